The van der Waals surface area contributed by atoms with Crippen LogP contribution in [0.4, 0.5) is 0 Å². The molecule has 1 aromatic rings. The number of fused-ring (bicyclic) bond motifs is 1. The maximum Gasteiger partial charge on any atom is 0.326 e. The van der Waals surface area contributed by atoms with Crippen molar-refractivity contribution in [2.24, 2.45) is 0 Å². The number of carbonyl (C=O) groups excluding carboxylic acids is 1. The Morgan fingerprint density at radius 2 is 1.86 bits per heavy atom. The third kappa shape index (κ3) is 3.07. The quantitative estimate of drug-likeness (QED) is 0.875. The summed E-state index contributed by atoms with van der Waals surface area (Å²) in [5.74, 6) is -1.79. The predicted octanol–water partition coefficient (Wildman–Crippen LogP) is 0.458. The number of rotatable bonds is 3. The molecule has 1 aromatic carbocycles. The van der Waals surface area contributed by atoms with Crippen molar-refractivity contribution >= 4 is 21.7 Å². The highest BCUT2D eigenvalue weighted by atomic mass is 32.2. The minimum Gasteiger partial charge on any atom is -0.480 e. The number of hydrogen-bond donors (Lipinski definition) is 1. The number of sulfone groups is 1. The third-order valence-electron chi connectivity index (χ3n) is 3.81. The highest BCUT2D eigenvalue weighted by molar-refractivity contribution is 7.92. The monoisotopic (exact) mass is 311 g/mol. The van der Waals surface area contributed by atoms with E-state index in [-0.39, 0.29) is 13.0 Å². The van der Waals surface area contributed by atoms with Crippen LogP contribution in [0.15, 0.2) is 24.3 Å². The van der Waals surface area contributed by atoms with E-state index >= 15 is 0 Å². The van der Waals surface area contributed by atoms with Gasteiger partial charge in [0.25, 0.3) is 0 Å². The zero-order valence-corrected chi connectivity index (χ0v) is 12.6. The van der Waals surface area contributed by atoms with Gasteiger partial charge in [-0.2, -0.15) is 0 Å². The van der Waals surface area contributed by atoms with Crippen LogP contribution in [0.1, 0.15) is 18.1 Å². The largest absolute Gasteiger partial charge is 0.480 e. The number of nitrogens with zero attached hydrogens (tertiary/aromatic N) is 1. The van der Waals surface area contributed by atoms with E-state index in [4.69, 9.17) is 0 Å². The molecule has 21 heavy (non-hydrogen) atoms. The molecule has 0 aliphatic carbocycles. The topological polar surface area (TPSA) is 91.8 Å². The van der Waals surface area contributed by atoms with Crippen LogP contribution in [0, 0.1) is 0 Å². The van der Waals surface area contributed by atoms with Crippen LogP contribution >= 0.6 is 0 Å². The zero-order chi connectivity index (χ0) is 15.8. The Morgan fingerprint density at radius 3 is 2.38 bits per heavy atom. The Morgan fingerprint density at radius 1 is 1.29 bits per heavy atom. The second-order valence-corrected chi connectivity index (χ2v) is 7.63. The van der Waals surface area contributed by atoms with Gasteiger partial charge in [0.1, 0.15) is 11.3 Å². The van der Waals surface area contributed by atoms with Crippen molar-refractivity contribution in [2.45, 2.75) is 31.2 Å². The van der Waals surface area contributed by atoms with Crippen molar-refractivity contribution in [2.75, 3.05) is 6.26 Å². The summed E-state index contributed by atoms with van der Waals surface area (Å²) in [6, 6.07) is 6.24. The van der Waals surface area contributed by atoms with Gasteiger partial charge < -0.3 is 10.0 Å². The lowest BCUT2D eigenvalue weighted by Crippen LogP contribution is -2.52. The molecule has 1 amide bonds. The van der Waals surface area contributed by atoms with Crippen molar-refractivity contribution in [1.82, 2.24) is 4.90 Å². The van der Waals surface area contributed by atoms with Gasteiger partial charge in [-0.05, 0) is 18.1 Å². The van der Waals surface area contributed by atoms with Crippen molar-refractivity contribution in [3.05, 3.63) is 35.4 Å². The van der Waals surface area contributed by atoms with Crippen LogP contribution < -0.4 is 0 Å². The number of carbonyl (C=O) groups is 2. The fourth-order valence-electron chi connectivity index (χ4n) is 2.39. The van der Waals surface area contributed by atoms with E-state index < -0.39 is 33.0 Å². The first-order valence-corrected chi connectivity index (χ1v) is 8.46. The Bertz CT molecular complexity index is 682. The Balaban J connectivity index is 2.37. The highest BCUT2D eigenvalue weighted by Crippen LogP contribution is 2.25. The molecule has 0 fully saturated rings. The molecule has 1 N–H and O–H groups in total. The molecule has 1 aliphatic heterocycles. The van der Waals surface area contributed by atoms with Gasteiger partial charge in [0.05, 0.1) is 0 Å². The van der Waals surface area contributed by atoms with E-state index in [0.29, 0.717) is 0 Å². The molecular formula is C14H17NO5S. The molecule has 2 atom stereocenters. The van der Waals surface area contributed by atoms with Crippen molar-refractivity contribution < 1.29 is 23.1 Å². The van der Waals surface area contributed by atoms with E-state index in [2.05, 4.69) is 0 Å². The fraction of sp³-hybridized carbons (Fsp3) is 0.429. The fourth-order valence-corrected chi connectivity index (χ4v) is 2.89. The zero-order valence-electron chi connectivity index (χ0n) is 11.8. The maximum atomic E-state index is 12.4. The van der Waals surface area contributed by atoms with Crippen LogP contribution in [0.3, 0.4) is 0 Å². The second-order valence-electron chi connectivity index (χ2n) is 5.26. The summed E-state index contributed by atoms with van der Waals surface area (Å²) in [6.07, 6.45) is 1.16. The molecule has 1 aliphatic rings. The second kappa shape index (κ2) is 5.48. The van der Waals surface area contributed by atoms with E-state index in [1.807, 2.05) is 24.3 Å². The summed E-state index contributed by atoms with van der Waals surface area (Å²) in [4.78, 5) is 24.9. The molecule has 0 bridgehead atoms. The van der Waals surface area contributed by atoms with Gasteiger partial charge in [0.15, 0.2) is 9.84 Å². The highest BCUT2D eigenvalue weighted by Gasteiger charge is 2.38. The number of carboxylic acids is 1. The van der Waals surface area contributed by atoms with Gasteiger partial charge in [0, 0.05) is 19.2 Å². The summed E-state index contributed by atoms with van der Waals surface area (Å²) < 4.78 is 23.1. The molecule has 0 aromatic heterocycles. The number of benzene rings is 1. The molecule has 1 unspecified atom stereocenters. The van der Waals surface area contributed by atoms with Gasteiger partial charge in [-0.15, -0.1) is 0 Å². The summed E-state index contributed by atoms with van der Waals surface area (Å²) in [6.45, 7) is 1.41. The van der Waals surface area contributed by atoms with Crippen molar-refractivity contribution in [3.8, 4) is 0 Å². The summed E-state index contributed by atoms with van der Waals surface area (Å²) >= 11 is 0. The smallest absolute Gasteiger partial charge is 0.326 e. The predicted molar refractivity (Wildman–Crippen MR) is 76.4 cm³/mol. The van der Waals surface area contributed by atoms with Gasteiger partial charge in [-0.25, -0.2) is 13.2 Å². The van der Waals surface area contributed by atoms with Crippen molar-refractivity contribution in [1.29, 1.82) is 0 Å². The van der Waals surface area contributed by atoms with Crippen molar-refractivity contribution in [3.63, 3.8) is 0 Å². The average molecular weight is 311 g/mol. The molecule has 0 spiro atoms. The Kier molecular flexibility index (Phi) is 4.04. The molecular weight excluding hydrogens is 294 g/mol. The minimum atomic E-state index is -3.56. The standard InChI is InChI=1S/C14H17NO5S/c1-9(21(2,19)20)13(16)15-8-11-6-4-3-5-10(11)7-12(15)14(17)18/h3-6,9,12H,7-8H2,1-2H3,(H,17,18)/t9?,12-/m1/s1. The van der Waals surface area contributed by atoms with Crippen LogP contribution in [0.2, 0.25) is 0 Å². The van der Waals surface area contributed by atoms with Gasteiger partial charge in [0.2, 0.25) is 5.91 Å². The number of aliphatic carboxylic acids is 1. The average Bonchev–Trinajstić information content (AvgIpc) is 2.43. The number of carboxylic acid groups (broad SMARTS) is 1. The van der Waals surface area contributed by atoms with Crippen LogP contribution in [0.25, 0.3) is 0 Å². The first-order chi connectivity index (χ1) is 9.71. The lowest BCUT2D eigenvalue weighted by Gasteiger charge is -2.35. The van der Waals surface area contributed by atoms with Crippen LogP contribution in [0.5, 0.6) is 0 Å². The van der Waals surface area contributed by atoms with E-state index in [9.17, 15) is 23.1 Å². The maximum absolute atomic E-state index is 12.4. The Hall–Kier alpha value is -1.89. The number of hydrogen-bond acceptors (Lipinski definition) is 4. The molecule has 0 saturated carbocycles. The van der Waals surface area contributed by atoms with Gasteiger partial charge >= 0.3 is 5.97 Å². The van der Waals surface area contributed by atoms with E-state index in [0.717, 1.165) is 22.3 Å². The minimum absolute atomic E-state index is 0.117. The SMILES string of the molecule is CC(C(=O)N1Cc2ccccc2C[C@@H]1C(=O)O)S(C)(=O)=O. The Labute approximate surface area is 123 Å². The third-order valence-corrected chi connectivity index (χ3v) is 5.29. The molecule has 114 valence electrons. The van der Waals surface area contributed by atoms with Gasteiger partial charge in [-0.1, -0.05) is 24.3 Å². The molecule has 0 radical (unpaired) electrons. The molecule has 7 heteroatoms. The summed E-state index contributed by atoms with van der Waals surface area (Å²) in [5.41, 5.74) is 1.73. The summed E-state index contributed by atoms with van der Waals surface area (Å²) in [7, 11) is -3.56. The van der Waals surface area contributed by atoms with Crippen LogP contribution in [-0.2, 0) is 32.4 Å². The first-order valence-electron chi connectivity index (χ1n) is 6.50. The molecule has 2 rings (SSSR count). The molecule has 6 nitrogen and oxygen atoms in total. The van der Waals surface area contributed by atoms with Crippen LogP contribution in [-0.4, -0.2) is 47.8 Å². The lowest BCUT2D eigenvalue weighted by atomic mass is 9.94. The van der Waals surface area contributed by atoms with E-state index in [1.54, 1.807) is 0 Å². The normalized spacial score (nSPS) is 19.7. The molecule has 0 saturated heterocycles. The summed E-state index contributed by atoms with van der Waals surface area (Å²) in [5, 5.41) is 8.08. The molecule has 1 heterocycles. The first kappa shape index (κ1) is 15.5. The van der Waals surface area contributed by atoms with Gasteiger partial charge in [-0.3, -0.25) is 4.79 Å². The lowest BCUT2D eigenvalue weighted by molar-refractivity contribution is -0.151. The number of amides is 1. The van der Waals surface area contributed by atoms with E-state index in [1.165, 1.54) is 6.92 Å².